The van der Waals surface area contributed by atoms with Crippen molar-refractivity contribution in [2.75, 3.05) is 26.2 Å². The zero-order chi connectivity index (χ0) is 15.2. The first-order valence-electron chi connectivity index (χ1n) is 9.00. The van der Waals surface area contributed by atoms with Crippen molar-refractivity contribution in [1.82, 2.24) is 4.90 Å². The number of rotatable bonds is 7. The molecule has 122 valence electrons. The van der Waals surface area contributed by atoms with E-state index in [0.717, 1.165) is 44.3 Å². The highest BCUT2D eigenvalue weighted by Gasteiger charge is 2.31. The summed E-state index contributed by atoms with van der Waals surface area (Å²) in [6.07, 6.45) is 7.12. The average molecular weight is 295 g/mol. The number of carbonyl (C=O) groups is 1. The zero-order valence-corrected chi connectivity index (χ0v) is 14.1. The maximum atomic E-state index is 12.4. The van der Waals surface area contributed by atoms with E-state index in [0.29, 0.717) is 12.5 Å². The molecular weight excluding hydrogens is 262 g/mol. The van der Waals surface area contributed by atoms with E-state index >= 15 is 0 Å². The molecule has 0 N–H and O–H groups in total. The second-order valence-corrected chi connectivity index (χ2v) is 7.32. The molecule has 0 radical (unpaired) electrons. The number of hydrogen-bond acceptors (Lipinski definition) is 3. The molecule has 3 nitrogen and oxygen atoms in total. The van der Waals surface area contributed by atoms with Crippen molar-refractivity contribution in [2.45, 2.75) is 59.3 Å². The van der Waals surface area contributed by atoms with Gasteiger partial charge >= 0.3 is 5.97 Å². The molecule has 0 aromatic rings. The van der Waals surface area contributed by atoms with E-state index in [1.807, 2.05) is 0 Å². The van der Waals surface area contributed by atoms with Crippen LogP contribution >= 0.6 is 0 Å². The molecule has 0 aromatic carbocycles. The zero-order valence-electron chi connectivity index (χ0n) is 14.1. The SMILES string of the molecule is CCCC(C(=O)OCCN1CC(C)C(C)C1)C1CCCC1. The number of nitrogens with zero attached hydrogens (tertiary/aromatic N) is 1. The Morgan fingerprint density at radius 1 is 1.19 bits per heavy atom. The number of likely N-dealkylation sites (tertiary alicyclic amines) is 1. The van der Waals surface area contributed by atoms with E-state index < -0.39 is 0 Å². The highest BCUT2D eigenvalue weighted by atomic mass is 16.5. The van der Waals surface area contributed by atoms with E-state index in [2.05, 4.69) is 25.7 Å². The summed E-state index contributed by atoms with van der Waals surface area (Å²) in [5, 5.41) is 0. The van der Waals surface area contributed by atoms with Crippen molar-refractivity contribution in [3.63, 3.8) is 0 Å². The molecule has 1 heterocycles. The predicted molar refractivity (Wildman–Crippen MR) is 86.1 cm³/mol. The van der Waals surface area contributed by atoms with Crippen molar-refractivity contribution in [1.29, 1.82) is 0 Å². The van der Waals surface area contributed by atoms with Crippen LogP contribution in [0, 0.1) is 23.7 Å². The standard InChI is InChI=1S/C18H33NO2/c1-4-7-17(16-8-5-6-9-16)18(20)21-11-10-19-12-14(2)15(3)13-19/h14-17H,4-13H2,1-3H3. The number of esters is 1. The van der Waals surface area contributed by atoms with Gasteiger partial charge < -0.3 is 4.74 Å². The Bertz CT molecular complexity index is 315. The molecule has 2 rings (SSSR count). The van der Waals surface area contributed by atoms with Crippen LogP contribution in [-0.2, 0) is 9.53 Å². The van der Waals surface area contributed by atoms with E-state index in [1.54, 1.807) is 0 Å². The van der Waals surface area contributed by atoms with Gasteiger partial charge in [-0.2, -0.15) is 0 Å². The molecule has 1 aliphatic carbocycles. The lowest BCUT2D eigenvalue weighted by molar-refractivity contribution is -0.151. The fourth-order valence-corrected chi connectivity index (χ4v) is 4.03. The Morgan fingerprint density at radius 2 is 1.81 bits per heavy atom. The van der Waals surface area contributed by atoms with Gasteiger partial charge in [0.1, 0.15) is 6.61 Å². The molecule has 1 saturated carbocycles. The topological polar surface area (TPSA) is 29.5 Å². The van der Waals surface area contributed by atoms with E-state index in [4.69, 9.17) is 4.74 Å². The second kappa shape index (κ2) is 8.17. The van der Waals surface area contributed by atoms with Crippen LogP contribution in [0.1, 0.15) is 59.3 Å². The third-order valence-corrected chi connectivity index (χ3v) is 5.59. The van der Waals surface area contributed by atoms with Gasteiger partial charge in [-0.1, -0.05) is 40.0 Å². The lowest BCUT2D eigenvalue weighted by Gasteiger charge is -2.22. The smallest absolute Gasteiger partial charge is 0.309 e. The van der Waals surface area contributed by atoms with Crippen molar-refractivity contribution in [3.05, 3.63) is 0 Å². The molecule has 3 unspecified atom stereocenters. The van der Waals surface area contributed by atoms with Crippen LogP contribution in [0.25, 0.3) is 0 Å². The van der Waals surface area contributed by atoms with Gasteiger partial charge in [0.2, 0.25) is 0 Å². The summed E-state index contributed by atoms with van der Waals surface area (Å²) in [6.45, 7) is 10.6. The van der Waals surface area contributed by atoms with E-state index in [1.165, 1.54) is 25.7 Å². The highest BCUT2D eigenvalue weighted by Crippen LogP contribution is 2.34. The number of carbonyl (C=O) groups excluding carboxylic acids is 1. The Labute approximate surface area is 130 Å². The molecule has 1 aliphatic heterocycles. The summed E-state index contributed by atoms with van der Waals surface area (Å²) in [5.74, 6) is 2.36. The Morgan fingerprint density at radius 3 is 2.38 bits per heavy atom. The third kappa shape index (κ3) is 4.70. The van der Waals surface area contributed by atoms with Gasteiger partial charge in [0.15, 0.2) is 0 Å². The minimum Gasteiger partial charge on any atom is -0.464 e. The number of ether oxygens (including phenoxy) is 1. The quantitative estimate of drug-likeness (QED) is 0.670. The summed E-state index contributed by atoms with van der Waals surface area (Å²) in [5.41, 5.74) is 0. The van der Waals surface area contributed by atoms with Crippen LogP contribution in [0.15, 0.2) is 0 Å². The Balaban J connectivity index is 1.71. The molecule has 0 amide bonds. The largest absolute Gasteiger partial charge is 0.464 e. The third-order valence-electron chi connectivity index (χ3n) is 5.59. The summed E-state index contributed by atoms with van der Waals surface area (Å²) < 4.78 is 5.62. The maximum absolute atomic E-state index is 12.4. The van der Waals surface area contributed by atoms with Crippen LogP contribution < -0.4 is 0 Å². The molecule has 0 spiro atoms. The van der Waals surface area contributed by atoms with E-state index in [9.17, 15) is 4.79 Å². The number of hydrogen-bond donors (Lipinski definition) is 0. The molecular formula is C18H33NO2. The van der Waals surface area contributed by atoms with Crippen LogP contribution in [0.3, 0.4) is 0 Å². The lowest BCUT2D eigenvalue weighted by Crippen LogP contribution is -2.30. The van der Waals surface area contributed by atoms with Gasteiger partial charge in [-0.15, -0.1) is 0 Å². The molecule has 2 fully saturated rings. The first-order chi connectivity index (χ1) is 10.1. The van der Waals surface area contributed by atoms with Gasteiger partial charge in [0.25, 0.3) is 0 Å². The first kappa shape index (κ1) is 16.8. The molecule has 3 atom stereocenters. The normalized spacial score (nSPS) is 28.9. The maximum Gasteiger partial charge on any atom is 0.309 e. The van der Waals surface area contributed by atoms with Crippen molar-refractivity contribution < 1.29 is 9.53 Å². The second-order valence-electron chi connectivity index (χ2n) is 7.32. The summed E-state index contributed by atoms with van der Waals surface area (Å²) in [6, 6.07) is 0. The van der Waals surface area contributed by atoms with Gasteiger partial charge in [-0.25, -0.2) is 0 Å². The highest BCUT2D eigenvalue weighted by molar-refractivity contribution is 5.72. The van der Waals surface area contributed by atoms with Crippen LogP contribution in [-0.4, -0.2) is 37.1 Å². The van der Waals surface area contributed by atoms with E-state index in [-0.39, 0.29) is 11.9 Å². The van der Waals surface area contributed by atoms with Crippen molar-refractivity contribution in [2.24, 2.45) is 23.7 Å². The van der Waals surface area contributed by atoms with Crippen molar-refractivity contribution >= 4 is 5.97 Å². The summed E-state index contributed by atoms with van der Waals surface area (Å²) in [7, 11) is 0. The molecule has 2 aliphatic rings. The minimum absolute atomic E-state index is 0.0732. The molecule has 1 saturated heterocycles. The summed E-state index contributed by atoms with van der Waals surface area (Å²) in [4.78, 5) is 14.8. The van der Waals surface area contributed by atoms with Crippen LogP contribution in [0.4, 0.5) is 0 Å². The predicted octanol–water partition coefficient (Wildman–Crippen LogP) is 3.72. The fraction of sp³-hybridized carbons (Fsp3) is 0.944. The molecule has 21 heavy (non-hydrogen) atoms. The van der Waals surface area contributed by atoms with Crippen LogP contribution in [0.5, 0.6) is 0 Å². The average Bonchev–Trinajstić information content (AvgIpc) is 3.07. The van der Waals surface area contributed by atoms with Crippen molar-refractivity contribution in [3.8, 4) is 0 Å². The van der Waals surface area contributed by atoms with Gasteiger partial charge in [0, 0.05) is 19.6 Å². The first-order valence-corrected chi connectivity index (χ1v) is 9.00. The summed E-state index contributed by atoms with van der Waals surface area (Å²) >= 11 is 0. The lowest BCUT2D eigenvalue weighted by atomic mass is 9.87. The molecule has 0 aromatic heterocycles. The van der Waals surface area contributed by atoms with Gasteiger partial charge in [0.05, 0.1) is 5.92 Å². The van der Waals surface area contributed by atoms with Gasteiger partial charge in [-0.3, -0.25) is 9.69 Å². The van der Waals surface area contributed by atoms with Gasteiger partial charge in [-0.05, 0) is 37.0 Å². The minimum atomic E-state index is 0.0732. The Hall–Kier alpha value is -0.570. The monoisotopic (exact) mass is 295 g/mol. The fourth-order valence-electron chi connectivity index (χ4n) is 4.03. The van der Waals surface area contributed by atoms with Crippen LogP contribution in [0.2, 0.25) is 0 Å². The molecule has 3 heteroatoms. The Kier molecular flexibility index (Phi) is 6.53. The molecule has 0 bridgehead atoms.